The summed E-state index contributed by atoms with van der Waals surface area (Å²) in [5, 5.41) is 0.761. The molecule has 0 aliphatic carbocycles. The van der Waals surface area contributed by atoms with E-state index in [4.69, 9.17) is 69.6 Å². The van der Waals surface area contributed by atoms with Crippen molar-refractivity contribution in [2.45, 2.75) is 4.90 Å². The van der Waals surface area contributed by atoms with Crippen molar-refractivity contribution in [2.24, 2.45) is 0 Å². The number of allylic oxidation sites excluding steroid dienone is 2. The van der Waals surface area contributed by atoms with Crippen LogP contribution in [0.2, 0.25) is 5.02 Å². The summed E-state index contributed by atoms with van der Waals surface area (Å²) in [6.45, 7) is 0. The highest BCUT2D eigenvalue weighted by atomic mass is 35.5. The Kier molecular flexibility index (Phi) is 6.89. The van der Waals surface area contributed by atoms with Crippen molar-refractivity contribution < 1.29 is 0 Å². The molecule has 0 saturated carbocycles. The molecule has 0 amide bonds. The van der Waals surface area contributed by atoms with E-state index in [1.807, 2.05) is 0 Å². The van der Waals surface area contributed by atoms with Gasteiger partial charge in [0.05, 0.1) is 14.4 Å². The average Bonchev–Trinajstić information content (AvgIpc) is 2.30. The van der Waals surface area contributed by atoms with E-state index < -0.39 is 0 Å². The van der Waals surface area contributed by atoms with Crippen LogP contribution in [0, 0.1) is 0 Å². The Hall–Kier alpha value is 0.790. The molecule has 0 spiro atoms. The third kappa shape index (κ3) is 5.12. The van der Waals surface area contributed by atoms with Gasteiger partial charge in [0.15, 0.2) is 0 Å². The largest absolute Gasteiger partial charge is 0.127 e. The van der Waals surface area contributed by atoms with Crippen LogP contribution in [0.15, 0.2) is 48.1 Å². The average molecular weight is 369 g/mol. The molecule has 0 aliphatic heterocycles. The van der Waals surface area contributed by atoms with E-state index in [9.17, 15) is 0 Å². The summed E-state index contributed by atoms with van der Waals surface area (Å²) in [4.78, 5) is 0.868. The minimum absolute atomic E-state index is 0.0152. The molecule has 0 bridgehead atoms. The van der Waals surface area contributed by atoms with Crippen LogP contribution in [-0.2, 0) is 0 Å². The molecule has 0 aliphatic rings. The lowest BCUT2D eigenvalue weighted by Gasteiger charge is -2.03. The Morgan fingerprint density at radius 1 is 0.824 bits per heavy atom. The van der Waals surface area contributed by atoms with Crippen LogP contribution in [0.3, 0.4) is 0 Å². The van der Waals surface area contributed by atoms with E-state index in [-0.39, 0.29) is 18.9 Å². The molecule has 17 heavy (non-hydrogen) atoms. The number of hydrogen-bond acceptors (Lipinski definition) is 1. The topological polar surface area (TPSA) is 0 Å². The predicted octanol–water partition coefficient (Wildman–Crippen LogP) is 6.96. The monoisotopic (exact) mass is 366 g/mol. The van der Waals surface area contributed by atoms with Gasteiger partial charge in [-0.25, -0.2) is 0 Å². The fraction of sp³-hybridized carbons (Fsp3) is 0. The highest BCUT2D eigenvalue weighted by Gasteiger charge is 2.11. The number of benzene rings is 1. The van der Waals surface area contributed by atoms with Crippen LogP contribution in [0.5, 0.6) is 0 Å². The van der Waals surface area contributed by atoms with Gasteiger partial charge in [0, 0.05) is 9.92 Å². The van der Waals surface area contributed by atoms with Gasteiger partial charge in [-0.1, -0.05) is 81.4 Å². The van der Waals surface area contributed by atoms with Crippen LogP contribution in [-0.4, -0.2) is 0 Å². The van der Waals surface area contributed by atoms with Crippen molar-refractivity contribution in [2.75, 3.05) is 0 Å². The summed E-state index contributed by atoms with van der Waals surface area (Å²) >= 11 is 35.6. The van der Waals surface area contributed by atoms with E-state index >= 15 is 0 Å². The summed E-state index contributed by atoms with van der Waals surface area (Å²) in [5.41, 5.74) is 0. The van der Waals surface area contributed by atoms with Crippen molar-refractivity contribution in [3.8, 4) is 0 Å². The number of rotatable bonds is 3. The molecule has 0 fully saturated rings. The SMILES string of the molecule is ClC(Cl)=C(Cl)/C(Cl)=C(\Cl)Sc1ccc(Cl)cc1. The molecule has 1 rings (SSSR count). The maximum atomic E-state index is 5.99. The van der Waals surface area contributed by atoms with Crippen molar-refractivity contribution in [1.29, 1.82) is 0 Å². The summed E-state index contributed by atoms with van der Waals surface area (Å²) in [5.74, 6) is 0. The third-order valence-electron chi connectivity index (χ3n) is 1.55. The fourth-order valence-corrected chi connectivity index (χ4v) is 2.67. The summed E-state index contributed by atoms with van der Waals surface area (Å²) in [6.07, 6.45) is 0. The van der Waals surface area contributed by atoms with Gasteiger partial charge in [-0.15, -0.1) is 0 Å². The normalized spacial score (nSPS) is 12.1. The Bertz CT molecular complexity index is 458. The first kappa shape index (κ1) is 15.8. The van der Waals surface area contributed by atoms with Gasteiger partial charge in [0.1, 0.15) is 4.49 Å². The van der Waals surface area contributed by atoms with Crippen molar-refractivity contribution in [1.82, 2.24) is 0 Å². The van der Waals surface area contributed by atoms with Crippen molar-refractivity contribution in [3.05, 3.63) is 48.2 Å². The Morgan fingerprint density at radius 2 is 1.35 bits per heavy atom. The highest BCUT2D eigenvalue weighted by Crippen LogP contribution is 2.39. The molecule has 1 aromatic rings. The molecule has 0 unspecified atom stereocenters. The Balaban J connectivity index is 2.92. The molecule has 0 aromatic heterocycles. The number of thioether (sulfide) groups is 1. The van der Waals surface area contributed by atoms with Crippen molar-refractivity contribution in [3.63, 3.8) is 0 Å². The van der Waals surface area contributed by atoms with E-state index in [0.29, 0.717) is 5.02 Å². The molecule has 0 saturated heterocycles. The molecule has 7 heteroatoms. The lowest BCUT2D eigenvalue weighted by Crippen LogP contribution is -1.78. The van der Waals surface area contributed by atoms with Crippen LogP contribution in [0.25, 0.3) is 0 Å². The first-order chi connectivity index (χ1) is 7.91. The summed E-state index contributed by atoms with van der Waals surface area (Å²) < 4.78 is 0.143. The molecular weight excluding hydrogens is 365 g/mol. The summed E-state index contributed by atoms with van der Waals surface area (Å²) in [6, 6.07) is 7.10. The van der Waals surface area contributed by atoms with Gasteiger partial charge in [0.25, 0.3) is 0 Å². The quantitative estimate of drug-likeness (QED) is 0.410. The number of halogens is 6. The molecular formula is C10H4Cl6S. The smallest absolute Gasteiger partial charge is 0.0843 e. The van der Waals surface area contributed by atoms with Gasteiger partial charge >= 0.3 is 0 Å². The first-order valence-electron chi connectivity index (χ1n) is 4.11. The van der Waals surface area contributed by atoms with Crippen LogP contribution >= 0.6 is 81.4 Å². The van der Waals surface area contributed by atoms with E-state index in [2.05, 4.69) is 0 Å². The zero-order valence-corrected chi connectivity index (χ0v) is 13.3. The number of hydrogen-bond donors (Lipinski definition) is 0. The van der Waals surface area contributed by atoms with Gasteiger partial charge in [0.2, 0.25) is 0 Å². The standard InChI is InChI=1S/C10H4Cl6S/c11-5-1-3-6(4-2-5)17-10(16)8(13)7(12)9(14)15/h1-4H/b10-8-. The zero-order chi connectivity index (χ0) is 13.0. The van der Waals surface area contributed by atoms with Gasteiger partial charge in [-0.05, 0) is 24.3 Å². The van der Waals surface area contributed by atoms with Crippen LogP contribution in [0.4, 0.5) is 0 Å². The van der Waals surface area contributed by atoms with E-state index in [0.717, 1.165) is 4.90 Å². The summed E-state index contributed by atoms with van der Waals surface area (Å²) in [7, 11) is 0. The van der Waals surface area contributed by atoms with Crippen LogP contribution < -0.4 is 0 Å². The lowest BCUT2D eigenvalue weighted by atomic mass is 10.4. The second-order valence-corrected chi connectivity index (χ2v) is 6.55. The van der Waals surface area contributed by atoms with Gasteiger partial charge < -0.3 is 0 Å². The lowest BCUT2D eigenvalue weighted by molar-refractivity contribution is 1.47. The highest BCUT2D eigenvalue weighted by molar-refractivity contribution is 8.04. The predicted molar refractivity (Wildman–Crippen MR) is 80.6 cm³/mol. The molecule has 1 aromatic carbocycles. The zero-order valence-electron chi connectivity index (χ0n) is 7.99. The molecule has 92 valence electrons. The van der Waals surface area contributed by atoms with E-state index in [1.54, 1.807) is 24.3 Å². The minimum atomic E-state index is -0.133. The molecule has 0 radical (unpaired) electrons. The Labute approximate surface area is 133 Å². The van der Waals surface area contributed by atoms with Gasteiger partial charge in [-0.2, -0.15) is 0 Å². The van der Waals surface area contributed by atoms with Gasteiger partial charge in [-0.3, -0.25) is 0 Å². The van der Waals surface area contributed by atoms with Crippen LogP contribution in [0.1, 0.15) is 0 Å². The fourth-order valence-electron chi connectivity index (χ4n) is 0.820. The molecule has 0 nitrogen and oxygen atoms in total. The Morgan fingerprint density at radius 3 is 1.82 bits per heavy atom. The second kappa shape index (κ2) is 7.40. The molecule has 0 atom stereocenters. The molecule has 0 heterocycles. The van der Waals surface area contributed by atoms with Crippen molar-refractivity contribution >= 4 is 81.4 Å². The maximum Gasteiger partial charge on any atom is 0.127 e. The maximum absolute atomic E-state index is 5.99. The second-order valence-electron chi connectivity index (χ2n) is 2.72. The third-order valence-corrected chi connectivity index (χ3v) is 4.75. The first-order valence-corrected chi connectivity index (χ1v) is 7.20. The molecule has 0 N–H and O–H groups in total. The minimum Gasteiger partial charge on any atom is -0.0843 e. The van der Waals surface area contributed by atoms with E-state index in [1.165, 1.54) is 11.8 Å².